The summed E-state index contributed by atoms with van der Waals surface area (Å²) in [4.78, 5) is 24.8. The van der Waals surface area contributed by atoms with Crippen molar-refractivity contribution in [2.24, 2.45) is 5.10 Å². The molecule has 1 heterocycles. The Morgan fingerprint density at radius 3 is 2.38 bits per heavy atom. The molecule has 0 radical (unpaired) electrons. The minimum atomic E-state index is -2.91. The van der Waals surface area contributed by atoms with Gasteiger partial charge in [-0.25, -0.2) is 4.79 Å². The molecule has 1 saturated heterocycles. The summed E-state index contributed by atoms with van der Waals surface area (Å²) in [7, 11) is 0. The number of carbonyl (C=O) groups excluding carboxylic acids is 2. The molecule has 134 valence electrons. The number of hydrazone groups is 1. The number of nitrogens with zero attached hydrogens (tertiary/aromatic N) is 2. The lowest BCUT2D eigenvalue weighted by Crippen LogP contribution is -2.40. The van der Waals surface area contributed by atoms with Crippen LogP contribution in [0, 0.1) is 0 Å². The van der Waals surface area contributed by atoms with Gasteiger partial charge in [-0.1, -0.05) is 30.3 Å². The Morgan fingerprint density at radius 2 is 1.77 bits per heavy atom. The van der Waals surface area contributed by atoms with Gasteiger partial charge in [0, 0.05) is 0 Å². The third-order valence-corrected chi connectivity index (χ3v) is 3.95. The van der Waals surface area contributed by atoms with E-state index in [1.807, 2.05) is 6.07 Å². The Hall–Kier alpha value is -3.29. The van der Waals surface area contributed by atoms with Crippen LogP contribution >= 0.6 is 0 Å². The highest BCUT2D eigenvalue weighted by Gasteiger charge is 2.49. The van der Waals surface area contributed by atoms with Gasteiger partial charge >= 0.3 is 12.6 Å². The Morgan fingerprint density at radius 1 is 1.12 bits per heavy atom. The molecule has 1 N–H and O–H groups in total. The molecule has 2 aromatic rings. The van der Waals surface area contributed by atoms with E-state index in [4.69, 9.17) is 0 Å². The van der Waals surface area contributed by atoms with E-state index in [9.17, 15) is 18.4 Å². The van der Waals surface area contributed by atoms with E-state index in [1.165, 1.54) is 30.5 Å². The van der Waals surface area contributed by atoms with Crippen LogP contribution in [0.1, 0.15) is 18.1 Å². The van der Waals surface area contributed by atoms with Crippen molar-refractivity contribution in [3.63, 3.8) is 0 Å². The van der Waals surface area contributed by atoms with Gasteiger partial charge in [0.2, 0.25) is 0 Å². The van der Waals surface area contributed by atoms with Gasteiger partial charge in [-0.2, -0.15) is 13.9 Å². The summed E-state index contributed by atoms with van der Waals surface area (Å²) >= 11 is 0. The number of benzene rings is 2. The zero-order chi connectivity index (χ0) is 18.7. The van der Waals surface area contributed by atoms with E-state index in [-0.39, 0.29) is 5.75 Å². The third-order valence-electron chi connectivity index (χ3n) is 3.95. The maximum atomic E-state index is 12.7. The number of imide groups is 1. The van der Waals surface area contributed by atoms with Crippen molar-refractivity contribution < 1.29 is 23.1 Å². The van der Waals surface area contributed by atoms with Crippen molar-refractivity contribution in [3.8, 4) is 5.75 Å². The Balaban J connectivity index is 1.77. The molecule has 3 amide bonds. The largest absolute Gasteiger partial charge is 0.435 e. The zero-order valence-electron chi connectivity index (χ0n) is 13.7. The SMILES string of the molecule is C[C@]1(c2ccccc2)NC(=O)N(/N=C\c2ccc(OC(F)F)cc2)C1=O. The molecule has 0 aliphatic carbocycles. The zero-order valence-corrected chi connectivity index (χ0v) is 13.7. The van der Waals surface area contributed by atoms with Crippen molar-refractivity contribution >= 4 is 18.2 Å². The normalized spacial score (nSPS) is 20.1. The van der Waals surface area contributed by atoms with Gasteiger partial charge in [-0.3, -0.25) is 4.79 Å². The van der Waals surface area contributed by atoms with E-state index in [0.29, 0.717) is 11.1 Å². The summed E-state index contributed by atoms with van der Waals surface area (Å²) in [5, 5.41) is 7.31. The molecular formula is C18H15F2N3O3. The van der Waals surface area contributed by atoms with E-state index < -0.39 is 24.1 Å². The molecule has 1 atom stereocenters. The molecule has 0 saturated carbocycles. The van der Waals surface area contributed by atoms with Gasteiger partial charge in [0.25, 0.3) is 5.91 Å². The van der Waals surface area contributed by atoms with Crippen molar-refractivity contribution in [2.75, 3.05) is 0 Å². The molecule has 0 unspecified atom stereocenters. The first-order valence-corrected chi connectivity index (χ1v) is 7.71. The molecule has 2 aromatic carbocycles. The molecule has 0 aromatic heterocycles. The van der Waals surface area contributed by atoms with Crippen LogP contribution in [0.25, 0.3) is 0 Å². The van der Waals surface area contributed by atoms with Crippen LogP contribution in [0.2, 0.25) is 0 Å². The number of hydrogen-bond acceptors (Lipinski definition) is 4. The molecule has 8 heteroatoms. The van der Waals surface area contributed by atoms with E-state index in [2.05, 4.69) is 15.2 Å². The monoisotopic (exact) mass is 359 g/mol. The standard InChI is InChI=1S/C18H15F2N3O3/c1-18(13-5-3-2-4-6-13)15(24)23(17(25)22-18)21-11-12-7-9-14(10-8-12)26-16(19)20/h2-11,16H,1H3,(H,22,25)/b21-11-/t18-/m1/s1. The van der Waals surface area contributed by atoms with Crippen LogP contribution in [0.4, 0.5) is 13.6 Å². The number of carbonyl (C=O) groups is 2. The van der Waals surface area contributed by atoms with Crippen LogP contribution < -0.4 is 10.1 Å². The molecular weight excluding hydrogens is 344 g/mol. The van der Waals surface area contributed by atoms with Crippen molar-refractivity contribution in [3.05, 3.63) is 65.7 Å². The van der Waals surface area contributed by atoms with Crippen molar-refractivity contribution in [1.29, 1.82) is 0 Å². The molecule has 1 aliphatic rings. The summed E-state index contributed by atoms with van der Waals surface area (Å²) in [5.74, 6) is -0.508. The number of amides is 3. The maximum Gasteiger partial charge on any atom is 0.387 e. The summed E-state index contributed by atoms with van der Waals surface area (Å²) in [6.45, 7) is -1.30. The van der Waals surface area contributed by atoms with Gasteiger partial charge in [-0.15, -0.1) is 5.01 Å². The van der Waals surface area contributed by atoms with Crippen LogP contribution in [0.15, 0.2) is 59.7 Å². The Bertz CT molecular complexity index is 841. The molecule has 1 aliphatic heterocycles. The van der Waals surface area contributed by atoms with Gasteiger partial charge in [-0.05, 0) is 42.3 Å². The lowest BCUT2D eigenvalue weighted by Gasteiger charge is -2.20. The number of urea groups is 1. The maximum absolute atomic E-state index is 12.7. The minimum absolute atomic E-state index is 0.00351. The van der Waals surface area contributed by atoms with Gasteiger partial charge in [0.05, 0.1) is 6.21 Å². The molecule has 0 bridgehead atoms. The van der Waals surface area contributed by atoms with E-state index in [0.717, 1.165) is 5.01 Å². The quantitative estimate of drug-likeness (QED) is 0.659. The highest BCUT2D eigenvalue weighted by atomic mass is 19.3. The number of hydrogen-bond donors (Lipinski definition) is 1. The van der Waals surface area contributed by atoms with Gasteiger partial charge in [0.1, 0.15) is 11.3 Å². The second kappa shape index (κ2) is 6.91. The van der Waals surface area contributed by atoms with Crippen LogP contribution in [0.3, 0.4) is 0 Å². The fraction of sp³-hybridized carbons (Fsp3) is 0.167. The molecule has 1 fully saturated rings. The predicted octanol–water partition coefficient (Wildman–Crippen LogP) is 3.09. The van der Waals surface area contributed by atoms with Crippen LogP contribution in [0.5, 0.6) is 5.75 Å². The smallest absolute Gasteiger partial charge is 0.387 e. The number of alkyl halides is 2. The first-order valence-electron chi connectivity index (χ1n) is 7.71. The van der Waals surface area contributed by atoms with Gasteiger partial charge in [0.15, 0.2) is 0 Å². The second-order valence-electron chi connectivity index (χ2n) is 5.73. The highest BCUT2D eigenvalue weighted by molar-refractivity contribution is 6.07. The average molecular weight is 359 g/mol. The number of nitrogens with one attached hydrogen (secondary N) is 1. The number of halogens is 2. The summed E-state index contributed by atoms with van der Waals surface area (Å²) in [6.07, 6.45) is 1.29. The number of ether oxygens (including phenoxy) is 1. The van der Waals surface area contributed by atoms with Gasteiger partial charge < -0.3 is 10.1 Å². The molecule has 0 spiro atoms. The summed E-state index contributed by atoms with van der Waals surface area (Å²) in [6, 6.07) is 13.8. The molecule has 26 heavy (non-hydrogen) atoms. The van der Waals surface area contributed by atoms with Crippen LogP contribution in [-0.2, 0) is 10.3 Å². The fourth-order valence-electron chi connectivity index (χ4n) is 2.56. The van der Waals surface area contributed by atoms with E-state index >= 15 is 0 Å². The van der Waals surface area contributed by atoms with Crippen molar-refractivity contribution in [1.82, 2.24) is 10.3 Å². The first kappa shape index (κ1) is 17.5. The topological polar surface area (TPSA) is 71.0 Å². The molecule has 6 nitrogen and oxygen atoms in total. The lowest BCUT2D eigenvalue weighted by atomic mass is 9.92. The highest BCUT2D eigenvalue weighted by Crippen LogP contribution is 2.28. The Labute approximate surface area is 148 Å². The minimum Gasteiger partial charge on any atom is -0.435 e. The Kier molecular flexibility index (Phi) is 4.66. The second-order valence-corrected chi connectivity index (χ2v) is 5.73. The fourth-order valence-corrected chi connectivity index (χ4v) is 2.56. The van der Waals surface area contributed by atoms with E-state index in [1.54, 1.807) is 31.2 Å². The molecule has 3 rings (SSSR count). The first-order chi connectivity index (χ1) is 12.4. The van der Waals surface area contributed by atoms with Crippen LogP contribution in [-0.4, -0.2) is 29.8 Å². The average Bonchev–Trinajstić information content (AvgIpc) is 2.85. The summed E-state index contributed by atoms with van der Waals surface area (Å²) in [5.41, 5.74) is -0.0462. The predicted molar refractivity (Wildman–Crippen MR) is 89.8 cm³/mol. The number of rotatable bonds is 5. The third kappa shape index (κ3) is 3.39. The van der Waals surface area contributed by atoms with Crippen molar-refractivity contribution in [2.45, 2.75) is 19.1 Å². The summed E-state index contributed by atoms with van der Waals surface area (Å²) < 4.78 is 28.5. The lowest BCUT2D eigenvalue weighted by molar-refractivity contribution is -0.131.